The molecule has 0 atom stereocenters. The summed E-state index contributed by atoms with van der Waals surface area (Å²) in [7, 11) is 1.29. The second kappa shape index (κ2) is 8.07. The number of carbonyl (C=O) groups excluding carboxylic acids is 1. The van der Waals surface area contributed by atoms with Gasteiger partial charge in [-0.25, -0.2) is 17.7 Å². The van der Waals surface area contributed by atoms with Crippen LogP contribution in [0.2, 0.25) is 0 Å². The number of nitrogens with one attached hydrogen (secondary N) is 1. The average molecular weight is 410 g/mol. The Balaban J connectivity index is 1.75. The molecule has 2 aromatic carbocycles. The van der Waals surface area contributed by atoms with Crippen LogP contribution in [0.1, 0.15) is 17.8 Å². The SMILES string of the molecule is C#Cc1cccc(NC(=O)CCc2nc3cc(S(=O)(=O)N(C)C)ccc3n2C)c1. The van der Waals surface area contributed by atoms with Crippen LogP contribution in [-0.4, -0.2) is 42.3 Å². The zero-order valence-corrected chi connectivity index (χ0v) is 17.3. The fourth-order valence-electron chi connectivity index (χ4n) is 2.96. The Labute approximate surface area is 170 Å². The molecule has 0 bridgehead atoms. The molecule has 0 fully saturated rings. The van der Waals surface area contributed by atoms with Crippen LogP contribution in [0.3, 0.4) is 0 Å². The van der Waals surface area contributed by atoms with Gasteiger partial charge >= 0.3 is 0 Å². The molecule has 3 rings (SSSR count). The monoisotopic (exact) mass is 410 g/mol. The van der Waals surface area contributed by atoms with E-state index in [-0.39, 0.29) is 17.2 Å². The summed E-state index contributed by atoms with van der Waals surface area (Å²) in [5.74, 6) is 3.08. The third kappa shape index (κ3) is 4.31. The standard InChI is InChI=1S/C21H22N4O3S/c1-5-15-7-6-8-16(13-15)22-21(26)12-11-20-23-18-14-17(29(27,28)24(2)3)9-10-19(18)25(20)4/h1,6-10,13-14H,11-12H2,2-4H3,(H,22,26). The van der Waals surface area contributed by atoms with Crippen LogP contribution < -0.4 is 5.32 Å². The number of rotatable bonds is 6. The van der Waals surface area contributed by atoms with Gasteiger partial charge in [-0.15, -0.1) is 6.42 Å². The van der Waals surface area contributed by atoms with Gasteiger partial charge in [0.15, 0.2) is 0 Å². The molecular formula is C21H22N4O3S. The van der Waals surface area contributed by atoms with E-state index in [2.05, 4.69) is 16.2 Å². The highest BCUT2D eigenvalue weighted by Crippen LogP contribution is 2.22. The van der Waals surface area contributed by atoms with Crippen molar-refractivity contribution in [2.45, 2.75) is 17.7 Å². The first-order chi connectivity index (χ1) is 13.7. The van der Waals surface area contributed by atoms with E-state index in [9.17, 15) is 13.2 Å². The minimum absolute atomic E-state index is 0.151. The summed E-state index contributed by atoms with van der Waals surface area (Å²) in [6.45, 7) is 0. The molecule has 0 aliphatic heterocycles. The second-order valence-electron chi connectivity index (χ2n) is 6.80. The van der Waals surface area contributed by atoms with Crippen LogP contribution in [0.15, 0.2) is 47.4 Å². The van der Waals surface area contributed by atoms with Crippen molar-refractivity contribution in [1.82, 2.24) is 13.9 Å². The number of fused-ring (bicyclic) bond motifs is 1. The number of benzene rings is 2. The quantitative estimate of drug-likeness (QED) is 0.633. The van der Waals surface area contributed by atoms with Gasteiger partial charge in [-0.1, -0.05) is 12.0 Å². The van der Waals surface area contributed by atoms with Gasteiger partial charge in [0, 0.05) is 45.2 Å². The lowest BCUT2D eigenvalue weighted by Crippen LogP contribution is -2.22. The normalized spacial score (nSPS) is 11.6. The van der Waals surface area contributed by atoms with Crippen molar-refractivity contribution in [3.8, 4) is 12.3 Å². The van der Waals surface area contributed by atoms with E-state index in [0.717, 1.165) is 9.82 Å². The Kier molecular flexibility index (Phi) is 5.73. The second-order valence-corrected chi connectivity index (χ2v) is 8.95. The number of aromatic nitrogens is 2. The molecule has 1 amide bonds. The predicted octanol–water partition coefficient (Wildman–Crippen LogP) is 2.38. The third-order valence-electron chi connectivity index (χ3n) is 4.61. The molecule has 1 aromatic heterocycles. The van der Waals surface area contributed by atoms with Crippen molar-refractivity contribution >= 4 is 32.7 Å². The number of aryl methyl sites for hydroxylation is 2. The number of sulfonamides is 1. The van der Waals surface area contributed by atoms with Crippen molar-refractivity contribution in [3.05, 3.63) is 53.9 Å². The summed E-state index contributed by atoms with van der Waals surface area (Å²) in [6.07, 6.45) is 6.03. The molecule has 0 radical (unpaired) electrons. The lowest BCUT2D eigenvalue weighted by Gasteiger charge is -2.10. The maximum atomic E-state index is 12.3. The summed E-state index contributed by atoms with van der Waals surface area (Å²) < 4.78 is 27.7. The number of anilines is 1. The largest absolute Gasteiger partial charge is 0.331 e. The number of imidazole rings is 1. The van der Waals surface area contributed by atoms with E-state index in [1.54, 1.807) is 42.5 Å². The smallest absolute Gasteiger partial charge is 0.242 e. The van der Waals surface area contributed by atoms with Gasteiger partial charge in [-0.05, 0) is 36.4 Å². The van der Waals surface area contributed by atoms with Gasteiger partial charge < -0.3 is 9.88 Å². The zero-order chi connectivity index (χ0) is 21.2. The highest BCUT2D eigenvalue weighted by Gasteiger charge is 2.19. The van der Waals surface area contributed by atoms with E-state index in [1.165, 1.54) is 14.1 Å². The van der Waals surface area contributed by atoms with E-state index < -0.39 is 10.0 Å². The molecule has 8 heteroatoms. The van der Waals surface area contributed by atoms with Crippen molar-refractivity contribution in [2.24, 2.45) is 7.05 Å². The Morgan fingerprint density at radius 3 is 2.69 bits per heavy atom. The molecule has 0 aliphatic carbocycles. The summed E-state index contributed by atoms with van der Waals surface area (Å²) in [6, 6.07) is 11.9. The molecule has 1 heterocycles. The van der Waals surface area contributed by atoms with Crippen LogP contribution in [0.4, 0.5) is 5.69 Å². The van der Waals surface area contributed by atoms with Crippen LogP contribution >= 0.6 is 0 Å². The molecule has 7 nitrogen and oxygen atoms in total. The molecule has 3 aromatic rings. The molecule has 1 N–H and O–H groups in total. The van der Waals surface area contributed by atoms with Gasteiger partial charge in [-0.2, -0.15) is 0 Å². The van der Waals surface area contributed by atoms with Gasteiger partial charge in [0.25, 0.3) is 0 Å². The van der Waals surface area contributed by atoms with E-state index in [4.69, 9.17) is 6.42 Å². The Morgan fingerprint density at radius 2 is 2.00 bits per heavy atom. The van der Waals surface area contributed by atoms with E-state index in [0.29, 0.717) is 29.0 Å². The maximum Gasteiger partial charge on any atom is 0.242 e. The first-order valence-corrected chi connectivity index (χ1v) is 10.4. The Bertz CT molecular complexity index is 1220. The number of amides is 1. The third-order valence-corrected chi connectivity index (χ3v) is 6.42. The molecule has 0 saturated heterocycles. The zero-order valence-electron chi connectivity index (χ0n) is 16.5. The minimum Gasteiger partial charge on any atom is -0.331 e. The molecule has 0 unspecified atom stereocenters. The molecule has 0 saturated carbocycles. The summed E-state index contributed by atoms with van der Waals surface area (Å²) in [5.41, 5.74) is 2.73. The van der Waals surface area contributed by atoms with Gasteiger partial charge in [-0.3, -0.25) is 4.79 Å². The number of nitrogens with zero attached hydrogens (tertiary/aromatic N) is 3. The van der Waals surface area contributed by atoms with Crippen molar-refractivity contribution in [2.75, 3.05) is 19.4 Å². The Hall–Kier alpha value is -3.15. The van der Waals surface area contributed by atoms with Crippen molar-refractivity contribution in [1.29, 1.82) is 0 Å². The topological polar surface area (TPSA) is 84.3 Å². The minimum atomic E-state index is -3.53. The van der Waals surface area contributed by atoms with Crippen LogP contribution in [0, 0.1) is 12.3 Å². The van der Waals surface area contributed by atoms with Crippen LogP contribution in [-0.2, 0) is 28.3 Å². The highest BCUT2D eigenvalue weighted by atomic mass is 32.2. The number of hydrogen-bond donors (Lipinski definition) is 1. The van der Waals surface area contributed by atoms with Crippen molar-refractivity contribution in [3.63, 3.8) is 0 Å². The van der Waals surface area contributed by atoms with E-state index in [1.807, 2.05) is 11.6 Å². The fraction of sp³-hybridized carbons (Fsp3) is 0.238. The van der Waals surface area contributed by atoms with Crippen molar-refractivity contribution < 1.29 is 13.2 Å². The molecular weight excluding hydrogens is 388 g/mol. The first kappa shape index (κ1) is 20.6. The van der Waals surface area contributed by atoms with Gasteiger partial charge in [0.2, 0.25) is 15.9 Å². The average Bonchev–Trinajstić information content (AvgIpc) is 3.01. The fourth-order valence-corrected chi connectivity index (χ4v) is 3.88. The summed E-state index contributed by atoms with van der Waals surface area (Å²) >= 11 is 0. The molecule has 29 heavy (non-hydrogen) atoms. The Morgan fingerprint density at radius 1 is 1.24 bits per heavy atom. The first-order valence-electron chi connectivity index (χ1n) is 8.97. The van der Waals surface area contributed by atoms with Gasteiger partial charge in [0.1, 0.15) is 5.82 Å². The molecule has 0 aliphatic rings. The van der Waals surface area contributed by atoms with Crippen LogP contribution in [0.5, 0.6) is 0 Å². The number of hydrogen-bond acceptors (Lipinski definition) is 4. The summed E-state index contributed by atoms with van der Waals surface area (Å²) in [5, 5.41) is 2.83. The van der Waals surface area contributed by atoms with E-state index >= 15 is 0 Å². The maximum absolute atomic E-state index is 12.3. The van der Waals surface area contributed by atoms with Crippen LogP contribution in [0.25, 0.3) is 11.0 Å². The lowest BCUT2D eigenvalue weighted by atomic mass is 10.2. The highest BCUT2D eigenvalue weighted by molar-refractivity contribution is 7.89. The lowest BCUT2D eigenvalue weighted by molar-refractivity contribution is -0.116. The predicted molar refractivity (Wildman–Crippen MR) is 113 cm³/mol. The van der Waals surface area contributed by atoms with Gasteiger partial charge in [0.05, 0.1) is 15.9 Å². The summed E-state index contributed by atoms with van der Waals surface area (Å²) in [4.78, 5) is 17.0. The molecule has 150 valence electrons. The number of terminal acetylenes is 1. The number of carbonyl (C=O) groups is 1. The molecule has 0 spiro atoms.